The van der Waals surface area contributed by atoms with Gasteiger partial charge in [-0.2, -0.15) is 0 Å². The van der Waals surface area contributed by atoms with E-state index in [1.165, 1.54) is 5.56 Å². The van der Waals surface area contributed by atoms with Crippen LogP contribution in [0.25, 0.3) is 0 Å². The Kier molecular flexibility index (Phi) is 8.38. The van der Waals surface area contributed by atoms with E-state index in [0.29, 0.717) is 41.3 Å². The standard InChI is InChI=1S/C31H32ClN3O5/c1-20(17-21-5-3-2-4-6-21)35-30(38)23-9-7-22(8-10-23)18-34-29-24-15-16-33-19-31(25(24)11-12-26(29)32)39-27(36)13-14-28(37)40-31/h2-12,20,33-34H,13-19H2,1H3,(H,35,38). The fraction of sp³-hybridized carbons (Fsp3) is 0.323. The van der Waals surface area contributed by atoms with Crippen molar-refractivity contribution in [3.63, 3.8) is 0 Å². The Labute approximate surface area is 238 Å². The molecule has 40 heavy (non-hydrogen) atoms. The van der Waals surface area contributed by atoms with Gasteiger partial charge < -0.3 is 25.4 Å². The van der Waals surface area contributed by atoms with Crippen LogP contribution in [0.5, 0.6) is 0 Å². The predicted octanol–water partition coefficient (Wildman–Crippen LogP) is 4.49. The fourth-order valence-electron chi connectivity index (χ4n) is 5.16. The van der Waals surface area contributed by atoms with Crippen molar-refractivity contribution in [2.75, 3.05) is 18.4 Å². The van der Waals surface area contributed by atoms with Crippen LogP contribution >= 0.6 is 11.6 Å². The molecule has 1 fully saturated rings. The van der Waals surface area contributed by atoms with Crippen LogP contribution in [-0.2, 0) is 44.2 Å². The van der Waals surface area contributed by atoms with Crippen LogP contribution < -0.4 is 16.0 Å². The van der Waals surface area contributed by atoms with E-state index in [0.717, 1.165) is 17.5 Å². The number of nitrogens with one attached hydrogen (secondary N) is 3. The molecule has 8 nitrogen and oxygen atoms in total. The van der Waals surface area contributed by atoms with E-state index in [2.05, 4.69) is 16.0 Å². The molecule has 3 N–H and O–H groups in total. The Morgan fingerprint density at radius 3 is 2.35 bits per heavy atom. The van der Waals surface area contributed by atoms with Crippen LogP contribution in [0.2, 0.25) is 5.02 Å². The number of ether oxygens (including phenoxy) is 2. The van der Waals surface area contributed by atoms with Crippen LogP contribution in [0, 0.1) is 0 Å². The summed E-state index contributed by atoms with van der Waals surface area (Å²) in [7, 11) is 0. The molecular weight excluding hydrogens is 530 g/mol. The molecule has 0 aromatic heterocycles. The van der Waals surface area contributed by atoms with Crippen molar-refractivity contribution in [3.05, 3.63) is 99.6 Å². The molecule has 3 aromatic rings. The number of carbonyl (C=O) groups excluding carboxylic acids is 3. The third-order valence-electron chi connectivity index (χ3n) is 7.12. The Hall–Kier alpha value is -3.88. The molecule has 9 heteroatoms. The van der Waals surface area contributed by atoms with Gasteiger partial charge in [-0.25, -0.2) is 0 Å². The Morgan fingerprint density at radius 2 is 1.65 bits per heavy atom. The first-order valence-electron chi connectivity index (χ1n) is 13.5. The van der Waals surface area contributed by atoms with Gasteiger partial charge in [-0.15, -0.1) is 0 Å². The molecule has 2 aliphatic rings. The van der Waals surface area contributed by atoms with Gasteiger partial charge in [0.05, 0.1) is 30.1 Å². The van der Waals surface area contributed by atoms with E-state index in [1.807, 2.05) is 49.4 Å². The third kappa shape index (κ3) is 6.29. The second kappa shape index (κ2) is 12.1. The van der Waals surface area contributed by atoms with Gasteiger partial charge >= 0.3 is 11.9 Å². The van der Waals surface area contributed by atoms with Crippen LogP contribution in [0.15, 0.2) is 66.7 Å². The van der Waals surface area contributed by atoms with Gasteiger partial charge in [0.25, 0.3) is 11.7 Å². The van der Waals surface area contributed by atoms with Gasteiger partial charge in [0.15, 0.2) is 0 Å². The lowest BCUT2D eigenvalue weighted by Gasteiger charge is -2.32. The lowest BCUT2D eigenvalue weighted by atomic mass is 9.96. The van der Waals surface area contributed by atoms with Crippen molar-refractivity contribution in [2.45, 2.75) is 51.0 Å². The summed E-state index contributed by atoms with van der Waals surface area (Å²) in [4.78, 5) is 37.5. The zero-order chi connectivity index (χ0) is 28.1. The van der Waals surface area contributed by atoms with Gasteiger partial charge in [-0.3, -0.25) is 14.4 Å². The molecule has 1 saturated heterocycles. The zero-order valence-corrected chi connectivity index (χ0v) is 23.1. The fourth-order valence-corrected chi connectivity index (χ4v) is 5.40. The van der Waals surface area contributed by atoms with Crippen molar-refractivity contribution in [1.82, 2.24) is 10.6 Å². The molecule has 0 radical (unpaired) electrons. The molecule has 3 aromatic carbocycles. The monoisotopic (exact) mass is 561 g/mol. The first kappa shape index (κ1) is 27.7. The minimum absolute atomic E-state index is 0.00323. The number of halogens is 1. The maximum Gasteiger partial charge on any atom is 0.309 e. The van der Waals surface area contributed by atoms with Crippen molar-refractivity contribution >= 4 is 35.1 Å². The molecule has 1 unspecified atom stereocenters. The summed E-state index contributed by atoms with van der Waals surface area (Å²) in [5, 5.41) is 10.2. The molecule has 208 valence electrons. The van der Waals surface area contributed by atoms with E-state index in [1.54, 1.807) is 24.3 Å². The Balaban J connectivity index is 1.29. The normalized spacial score (nSPS) is 17.1. The number of amides is 1. The highest BCUT2D eigenvalue weighted by Gasteiger charge is 2.46. The van der Waals surface area contributed by atoms with Gasteiger partial charge in [0.1, 0.15) is 0 Å². The van der Waals surface area contributed by atoms with E-state index >= 15 is 0 Å². The van der Waals surface area contributed by atoms with Crippen molar-refractivity contribution in [2.24, 2.45) is 0 Å². The number of carbonyl (C=O) groups is 3. The molecule has 0 aliphatic carbocycles. The van der Waals surface area contributed by atoms with Crippen molar-refractivity contribution < 1.29 is 23.9 Å². The number of hydrogen-bond donors (Lipinski definition) is 3. The van der Waals surface area contributed by atoms with Gasteiger partial charge in [-0.05, 0) is 67.3 Å². The molecule has 0 bridgehead atoms. The molecule has 1 amide bonds. The Bertz CT molecular complexity index is 1380. The second-order valence-electron chi connectivity index (χ2n) is 10.2. The summed E-state index contributed by atoms with van der Waals surface area (Å²) in [5.74, 6) is -2.62. The number of esters is 2. The number of rotatable bonds is 7. The van der Waals surface area contributed by atoms with E-state index in [9.17, 15) is 14.4 Å². The Morgan fingerprint density at radius 1 is 0.950 bits per heavy atom. The zero-order valence-electron chi connectivity index (χ0n) is 22.3. The summed E-state index contributed by atoms with van der Waals surface area (Å²) < 4.78 is 11.4. The number of benzene rings is 3. The number of anilines is 1. The lowest BCUT2D eigenvalue weighted by molar-refractivity contribution is -0.225. The summed E-state index contributed by atoms with van der Waals surface area (Å²) >= 11 is 6.62. The summed E-state index contributed by atoms with van der Waals surface area (Å²) in [5.41, 5.74) is 4.83. The molecule has 1 spiro atoms. The first-order chi connectivity index (χ1) is 19.3. The van der Waals surface area contributed by atoms with Crippen molar-refractivity contribution in [3.8, 4) is 0 Å². The average Bonchev–Trinajstić information content (AvgIpc) is 3.20. The van der Waals surface area contributed by atoms with E-state index in [-0.39, 0.29) is 31.3 Å². The van der Waals surface area contributed by atoms with E-state index in [4.69, 9.17) is 21.1 Å². The van der Waals surface area contributed by atoms with Gasteiger partial charge in [0.2, 0.25) is 0 Å². The first-order valence-corrected chi connectivity index (χ1v) is 13.8. The summed E-state index contributed by atoms with van der Waals surface area (Å²) in [6.07, 6.45) is 1.31. The minimum atomic E-state index is -1.54. The van der Waals surface area contributed by atoms with Crippen LogP contribution in [0.1, 0.15) is 52.4 Å². The van der Waals surface area contributed by atoms with Crippen molar-refractivity contribution in [1.29, 1.82) is 0 Å². The number of fused-ring (bicyclic) bond motifs is 2. The van der Waals surface area contributed by atoms with Gasteiger partial charge in [0, 0.05) is 23.7 Å². The largest absolute Gasteiger partial charge is 0.416 e. The second-order valence-corrected chi connectivity index (χ2v) is 10.6. The highest BCUT2D eigenvalue weighted by atomic mass is 35.5. The topological polar surface area (TPSA) is 106 Å². The molecule has 1 atom stereocenters. The quantitative estimate of drug-likeness (QED) is 0.365. The summed E-state index contributed by atoms with van der Waals surface area (Å²) in [6, 6.07) is 20.9. The molecule has 0 saturated carbocycles. The maximum absolute atomic E-state index is 12.8. The molecule has 2 aliphatic heterocycles. The minimum Gasteiger partial charge on any atom is -0.416 e. The average molecular weight is 562 g/mol. The lowest BCUT2D eigenvalue weighted by Crippen LogP contribution is -2.43. The van der Waals surface area contributed by atoms with E-state index < -0.39 is 17.7 Å². The maximum atomic E-state index is 12.8. The highest BCUT2D eigenvalue weighted by molar-refractivity contribution is 6.33. The third-order valence-corrected chi connectivity index (χ3v) is 7.44. The number of hydrogen-bond acceptors (Lipinski definition) is 7. The van der Waals surface area contributed by atoms with Crippen LogP contribution in [0.4, 0.5) is 5.69 Å². The molecular formula is C31H32ClN3O5. The predicted molar refractivity (Wildman–Crippen MR) is 152 cm³/mol. The van der Waals surface area contributed by atoms with Crippen LogP contribution in [-0.4, -0.2) is 37.0 Å². The molecule has 5 rings (SSSR count). The molecule has 2 heterocycles. The van der Waals surface area contributed by atoms with Crippen LogP contribution in [0.3, 0.4) is 0 Å². The SMILES string of the molecule is CC(Cc1ccccc1)NC(=O)c1ccc(CNc2c(Cl)ccc3c2CCNCC32OC(=O)CCC(=O)O2)cc1. The highest BCUT2D eigenvalue weighted by Crippen LogP contribution is 2.40. The smallest absolute Gasteiger partial charge is 0.309 e. The van der Waals surface area contributed by atoms with Gasteiger partial charge in [-0.1, -0.05) is 54.1 Å². The summed E-state index contributed by atoms with van der Waals surface area (Å²) in [6.45, 7) is 3.19.